The molecule has 0 aliphatic rings. The third-order valence-electron chi connectivity index (χ3n) is 3.70. The van der Waals surface area contributed by atoms with Crippen LogP contribution in [-0.4, -0.2) is 66.0 Å². The molecular weight excluding hydrogens is 298 g/mol. The lowest BCUT2D eigenvalue weighted by Gasteiger charge is -2.28. The molecule has 0 amide bonds. The van der Waals surface area contributed by atoms with Gasteiger partial charge in [0, 0.05) is 6.42 Å². The van der Waals surface area contributed by atoms with E-state index < -0.39 is 29.6 Å². The van der Waals surface area contributed by atoms with Gasteiger partial charge in [-0.25, -0.2) is 0 Å². The highest BCUT2D eigenvalue weighted by Crippen LogP contribution is 2.13. The Bertz CT molecular complexity index is 400. The lowest BCUT2D eigenvalue weighted by Crippen LogP contribution is -2.49. The van der Waals surface area contributed by atoms with Crippen molar-refractivity contribution >= 4 is 17.5 Å². The SMILES string of the molecule is CCCCCCCCC(=O)C(=O)C(C(=O)O)C(O)C[N+](C)(C)C. The number of ketones is 2. The van der Waals surface area contributed by atoms with Crippen molar-refractivity contribution in [3.8, 4) is 0 Å². The molecular formula is C17H32NO5+. The normalized spacial score (nSPS) is 14.3. The monoisotopic (exact) mass is 330 g/mol. The van der Waals surface area contributed by atoms with Gasteiger partial charge in [0.15, 0.2) is 11.7 Å². The Kier molecular flexibility index (Phi) is 9.91. The molecule has 6 nitrogen and oxygen atoms in total. The highest BCUT2D eigenvalue weighted by molar-refractivity contribution is 6.41. The molecule has 0 radical (unpaired) electrons. The largest absolute Gasteiger partial charge is 0.481 e. The first-order valence-corrected chi connectivity index (χ1v) is 8.38. The summed E-state index contributed by atoms with van der Waals surface area (Å²) in [6, 6.07) is 0. The second kappa shape index (κ2) is 10.5. The first-order chi connectivity index (χ1) is 10.6. The molecule has 0 aliphatic heterocycles. The van der Waals surface area contributed by atoms with E-state index in [0.717, 1.165) is 32.1 Å². The fourth-order valence-corrected chi connectivity index (χ4v) is 2.48. The van der Waals surface area contributed by atoms with E-state index in [1.165, 1.54) is 0 Å². The minimum atomic E-state index is -1.67. The van der Waals surface area contributed by atoms with Crippen molar-refractivity contribution in [1.29, 1.82) is 0 Å². The van der Waals surface area contributed by atoms with Crippen molar-refractivity contribution in [2.75, 3.05) is 27.7 Å². The van der Waals surface area contributed by atoms with Crippen LogP contribution in [0.2, 0.25) is 0 Å². The van der Waals surface area contributed by atoms with Crippen molar-refractivity contribution in [1.82, 2.24) is 0 Å². The van der Waals surface area contributed by atoms with Gasteiger partial charge in [0.1, 0.15) is 12.6 Å². The molecule has 0 saturated carbocycles. The Balaban J connectivity index is 4.49. The summed E-state index contributed by atoms with van der Waals surface area (Å²) >= 11 is 0. The maximum Gasteiger partial charge on any atom is 0.317 e. The van der Waals surface area contributed by atoms with Crippen LogP contribution in [0.1, 0.15) is 51.9 Å². The zero-order chi connectivity index (χ0) is 18.0. The van der Waals surface area contributed by atoms with Crippen LogP contribution in [0, 0.1) is 5.92 Å². The molecule has 0 aromatic rings. The number of hydrogen-bond acceptors (Lipinski definition) is 4. The Morgan fingerprint density at radius 1 is 0.957 bits per heavy atom. The van der Waals surface area contributed by atoms with Crippen LogP contribution in [0.3, 0.4) is 0 Å². The summed E-state index contributed by atoms with van der Waals surface area (Å²) in [5.41, 5.74) is 0. The summed E-state index contributed by atoms with van der Waals surface area (Å²) in [5, 5.41) is 19.2. The number of carboxylic acid groups (broad SMARTS) is 1. The van der Waals surface area contributed by atoms with Gasteiger partial charge in [0.2, 0.25) is 5.78 Å². The molecule has 2 unspecified atom stereocenters. The highest BCUT2D eigenvalue weighted by Gasteiger charge is 2.39. The maximum absolute atomic E-state index is 12.1. The lowest BCUT2D eigenvalue weighted by molar-refractivity contribution is -0.873. The zero-order valence-corrected chi connectivity index (χ0v) is 14.9. The number of aliphatic hydroxyl groups excluding tert-OH is 1. The van der Waals surface area contributed by atoms with Crippen LogP contribution < -0.4 is 0 Å². The first-order valence-electron chi connectivity index (χ1n) is 8.38. The van der Waals surface area contributed by atoms with Gasteiger partial charge in [0.25, 0.3) is 0 Å². The predicted octanol–water partition coefficient (Wildman–Crippen LogP) is 1.64. The quantitative estimate of drug-likeness (QED) is 0.232. The van der Waals surface area contributed by atoms with Gasteiger partial charge in [-0.15, -0.1) is 0 Å². The van der Waals surface area contributed by atoms with Crippen molar-refractivity contribution in [2.24, 2.45) is 5.92 Å². The fraction of sp³-hybridized carbons (Fsp3) is 0.824. The summed E-state index contributed by atoms with van der Waals surface area (Å²) in [7, 11) is 5.35. The number of carbonyl (C=O) groups is 3. The minimum Gasteiger partial charge on any atom is -0.481 e. The number of nitrogens with zero attached hydrogens (tertiary/aromatic N) is 1. The molecule has 0 spiro atoms. The second-order valence-corrected chi connectivity index (χ2v) is 7.16. The van der Waals surface area contributed by atoms with Crippen LogP contribution in [0.15, 0.2) is 0 Å². The number of carbonyl (C=O) groups excluding carboxylic acids is 2. The molecule has 23 heavy (non-hydrogen) atoms. The molecule has 0 aromatic heterocycles. The van der Waals surface area contributed by atoms with Gasteiger partial charge in [-0.2, -0.15) is 0 Å². The molecule has 6 heteroatoms. The average Bonchev–Trinajstić information content (AvgIpc) is 2.39. The second-order valence-electron chi connectivity index (χ2n) is 7.16. The van der Waals surface area contributed by atoms with Crippen molar-refractivity contribution < 1.29 is 29.1 Å². The van der Waals surface area contributed by atoms with E-state index in [9.17, 15) is 24.6 Å². The molecule has 0 heterocycles. The Hall–Kier alpha value is -1.27. The molecule has 0 saturated heterocycles. The number of aliphatic hydroxyl groups is 1. The minimum absolute atomic E-state index is 0.0613. The number of hydrogen-bond donors (Lipinski definition) is 2. The lowest BCUT2D eigenvalue weighted by atomic mass is 9.92. The van der Waals surface area contributed by atoms with Crippen LogP contribution in [-0.2, 0) is 14.4 Å². The van der Waals surface area contributed by atoms with E-state index in [4.69, 9.17) is 0 Å². The fourth-order valence-electron chi connectivity index (χ4n) is 2.48. The standard InChI is InChI=1S/C17H31NO5/c1-5-6-7-8-9-10-11-13(19)16(21)15(17(22)23)14(20)12-18(2,3)4/h14-15,20H,5-12H2,1-4H3/p+1. The Morgan fingerprint density at radius 3 is 1.96 bits per heavy atom. The highest BCUT2D eigenvalue weighted by atomic mass is 16.4. The maximum atomic E-state index is 12.1. The van der Waals surface area contributed by atoms with E-state index in [1.807, 2.05) is 0 Å². The van der Waals surface area contributed by atoms with Gasteiger partial charge in [0.05, 0.1) is 21.1 Å². The van der Waals surface area contributed by atoms with Crippen molar-refractivity contribution in [2.45, 2.75) is 58.0 Å². The Labute approximate surface area is 139 Å². The predicted molar refractivity (Wildman–Crippen MR) is 88.0 cm³/mol. The third kappa shape index (κ3) is 9.46. The van der Waals surface area contributed by atoms with E-state index in [1.54, 1.807) is 21.1 Å². The van der Waals surface area contributed by atoms with E-state index in [-0.39, 0.29) is 13.0 Å². The zero-order valence-electron chi connectivity index (χ0n) is 14.9. The molecule has 2 atom stereocenters. The van der Waals surface area contributed by atoms with E-state index >= 15 is 0 Å². The van der Waals surface area contributed by atoms with Gasteiger partial charge in [-0.05, 0) is 6.42 Å². The molecule has 0 aromatic carbocycles. The number of likely N-dealkylation sites (N-methyl/N-ethyl adjacent to an activating group) is 1. The number of Topliss-reactive ketones (excluding diaryl/α,β-unsaturated/α-hetero) is 2. The summed E-state index contributed by atoms with van der Waals surface area (Å²) in [5.74, 6) is -4.77. The van der Waals surface area contributed by atoms with E-state index in [0.29, 0.717) is 10.9 Å². The smallest absolute Gasteiger partial charge is 0.317 e. The summed E-state index contributed by atoms with van der Waals surface area (Å²) in [6.45, 7) is 2.21. The van der Waals surface area contributed by atoms with Crippen LogP contribution in [0.25, 0.3) is 0 Å². The molecule has 134 valence electrons. The number of carboxylic acids is 1. The number of rotatable bonds is 13. The van der Waals surface area contributed by atoms with Crippen LogP contribution in [0.5, 0.6) is 0 Å². The van der Waals surface area contributed by atoms with Crippen LogP contribution in [0.4, 0.5) is 0 Å². The number of aliphatic carboxylic acids is 1. The number of unbranched alkanes of at least 4 members (excludes halogenated alkanes) is 5. The summed E-state index contributed by atoms with van der Waals surface area (Å²) in [4.78, 5) is 35.3. The summed E-state index contributed by atoms with van der Waals surface area (Å²) in [6.07, 6.45) is 4.57. The topological polar surface area (TPSA) is 91.7 Å². The summed E-state index contributed by atoms with van der Waals surface area (Å²) < 4.78 is 0.309. The molecule has 0 rings (SSSR count). The van der Waals surface area contributed by atoms with Crippen molar-refractivity contribution in [3.05, 3.63) is 0 Å². The van der Waals surface area contributed by atoms with Crippen molar-refractivity contribution in [3.63, 3.8) is 0 Å². The van der Waals surface area contributed by atoms with Gasteiger partial charge in [-0.1, -0.05) is 39.0 Å². The molecule has 0 fully saturated rings. The molecule has 2 N–H and O–H groups in total. The molecule has 0 aliphatic carbocycles. The van der Waals surface area contributed by atoms with Gasteiger partial charge >= 0.3 is 5.97 Å². The van der Waals surface area contributed by atoms with Gasteiger partial charge < -0.3 is 14.7 Å². The first kappa shape index (κ1) is 21.7. The number of quaternary nitrogens is 1. The molecule has 0 bridgehead atoms. The van der Waals surface area contributed by atoms with E-state index in [2.05, 4.69) is 6.92 Å². The van der Waals surface area contributed by atoms with Crippen LogP contribution >= 0.6 is 0 Å². The third-order valence-corrected chi connectivity index (χ3v) is 3.70. The Morgan fingerprint density at radius 2 is 1.48 bits per heavy atom. The average molecular weight is 330 g/mol. The van der Waals surface area contributed by atoms with Gasteiger partial charge in [-0.3, -0.25) is 14.4 Å².